The lowest BCUT2D eigenvalue weighted by molar-refractivity contribution is -0.154. The predicted octanol–water partition coefficient (Wildman–Crippen LogP) is 9.58. The summed E-state index contributed by atoms with van der Waals surface area (Å²) in [5.74, 6) is -0.340. The van der Waals surface area contributed by atoms with Crippen LogP contribution in [-0.2, 0) is 27.9 Å². The largest absolute Gasteiger partial charge is 0.472 e. The summed E-state index contributed by atoms with van der Waals surface area (Å²) in [4.78, 5) is 22.3. The highest BCUT2D eigenvalue weighted by atomic mass is 31.2. The van der Waals surface area contributed by atoms with Crippen LogP contribution in [0.4, 0.5) is 0 Å². The number of phosphoric acid groups is 1. The van der Waals surface area contributed by atoms with Gasteiger partial charge in [0.25, 0.3) is 0 Å². The first kappa shape index (κ1) is 42.2. The number of hydrogen-bond donors (Lipinski definition) is 2. The molecular formula is C34H68NO7P. The van der Waals surface area contributed by atoms with Gasteiger partial charge < -0.3 is 20.1 Å². The van der Waals surface area contributed by atoms with Crippen molar-refractivity contribution in [3.8, 4) is 0 Å². The Morgan fingerprint density at radius 1 is 0.674 bits per heavy atom. The van der Waals surface area contributed by atoms with Crippen molar-refractivity contribution >= 4 is 13.8 Å². The Kier molecular flexibility index (Phi) is 32.1. The number of carbonyl (C=O) groups excluding carboxylic acids is 1. The van der Waals surface area contributed by atoms with E-state index in [0.717, 1.165) is 44.9 Å². The van der Waals surface area contributed by atoms with E-state index in [1.54, 1.807) is 0 Å². The molecule has 8 nitrogen and oxygen atoms in total. The summed E-state index contributed by atoms with van der Waals surface area (Å²) in [6.07, 6.45) is 30.7. The maximum atomic E-state index is 12.5. The number of allylic oxidation sites excluding steroid dienone is 2. The van der Waals surface area contributed by atoms with Gasteiger partial charge in [0.15, 0.2) is 0 Å². The van der Waals surface area contributed by atoms with Gasteiger partial charge in [0, 0.05) is 19.6 Å². The first-order valence-electron chi connectivity index (χ1n) is 17.7. The number of unbranched alkanes of at least 4 members (excludes halogenated alkanes) is 19. The zero-order chi connectivity index (χ0) is 31.7. The normalized spacial score (nSPS) is 13.9. The Morgan fingerprint density at radius 2 is 1.16 bits per heavy atom. The highest BCUT2D eigenvalue weighted by molar-refractivity contribution is 7.47. The van der Waals surface area contributed by atoms with Gasteiger partial charge >= 0.3 is 13.8 Å². The van der Waals surface area contributed by atoms with E-state index in [4.69, 9.17) is 24.3 Å². The third kappa shape index (κ3) is 32.4. The molecule has 0 aliphatic heterocycles. The minimum atomic E-state index is -4.26. The molecule has 0 fully saturated rings. The molecule has 0 amide bonds. The standard InChI is InChI=1S/C34H68NO7P/c1-3-5-7-9-11-13-15-17-19-21-23-25-27-34(36)42-33(32-41-43(37,38)40-30-28-35)31-39-29-26-24-22-20-18-16-14-12-10-8-6-4-2/h11,13,33H,3-10,12,14-32,35H2,1-2H3,(H,37,38)/b13-11-. The molecule has 0 saturated carbocycles. The number of hydrogen-bond acceptors (Lipinski definition) is 7. The van der Waals surface area contributed by atoms with Crippen LogP contribution >= 0.6 is 7.82 Å². The Hall–Kier alpha value is -0.760. The van der Waals surface area contributed by atoms with E-state index in [-0.39, 0.29) is 32.3 Å². The summed E-state index contributed by atoms with van der Waals surface area (Å²) in [6, 6.07) is 0. The average Bonchev–Trinajstić information content (AvgIpc) is 2.99. The van der Waals surface area contributed by atoms with Gasteiger partial charge in [-0.15, -0.1) is 0 Å². The number of rotatable bonds is 34. The summed E-state index contributed by atoms with van der Waals surface area (Å²) >= 11 is 0. The van der Waals surface area contributed by atoms with E-state index in [0.29, 0.717) is 13.0 Å². The third-order valence-electron chi connectivity index (χ3n) is 7.43. The predicted molar refractivity (Wildman–Crippen MR) is 178 cm³/mol. The molecule has 0 spiro atoms. The minimum Gasteiger partial charge on any atom is -0.457 e. The van der Waals surface area contributed by atoms with E-state index < -0.39 is 13.9 Å². The van der Waals surface area contributed by atoms with Gasteiger partial charge in [0.1, 0.15) is 6.10 Å². The van der Waals surface area contributed by atoms with Gasteiger partial charge in [-0.1, -0.05) is 129 Å². The quantitative estimate of drug-likeness (QED) is 0.0311. The van der Waals surface area contributed by atoms with Gasteiger partial charge in [0.05, 0.1) is 19.8 Å². The Balaban J connectivity index is 4.12. The second kappa shape index (κ2) is 32.6. The van der Waals surface area contributed by atoms with Crippen LogP contribution in [0.2, 0.25) is 0 Å². The second-order valence-electron chi connectivity index (χ2n) is 11.7. The molecule has 0 aliphatic rings. The molecule has 3 N–H and O–H groups in total. The Labute approximate surface area is 264 Å². The fourth-order valence-electron chi connectivity index (χ4n) is 4.81. The van der Waals surface area contributed by atoms with E-state index in [1.165, 1.54) is 96.3 Å². The van der Waals surface area contributed by atoms with Crippen molar-refractivity contribution in [1.29, 1.82) is 0 Å². The fraction of sp³-hybridized carbons (Fsp3) is 0.912. The molecule has 43 heavy (non-hydrogen) atoms. The van der Waals surface area contributed by atoms with Crippen molar-refractivity contribution in [1.82, 2.24) is 0 Å². The van der Waals surface area contributed by atoms with Crippen LogP contribution < -0.4 is 5.73 Å². The van der Waals surface area contributed by atoms with Crippen LogP contribution in [0.25, 0.3) is 0 Å². The number of phosphoric ester groups is 1. The lowest BCUT2D eigenvalue weighted by Crippen LogP contribution is -2.28. The van der Waals surface area contributed by atoms with Crippen LogP contribution in [0.3, 0.4) is 0 Å². The van der Waals surface area contributed by atoms with Crippen molar-refractivity contribution in [2.24, 2.45) is 5.73 Å². The van der Waals surface area contributed by atoms with Crippen molar-refractivity contribution in [3.63, 3.8) is 0 Å². The highest BCUT2D eigenvalue weighted by Gasteiger charge is 2.25. The van der Waals surface area contributed by atoms with Crippen LogP contribution in [0.15, 0.2) is 12.2 Å². The van der Waals surface area contributed by atoms with E-state index >= 15 is 0 Å². The molecule has 2 unspecified atom stereocenters. The molecule has 0 aromatic heterocycles. The smallest absolute Gasteiger partial charge is 0.457 e. The zero-order valence-electron chi connectivity index (χ0n) is 28.0. The molecule has 0 saturated heterocycles. The van der Waals surface area contributed by atoms with Crippen LogP contribution in [-0.4, -0.2) is 49.9 Å². The number of nitrogens with two attached hydrogens (primary N) is 1. The van der Waals surface area contributed by atoms with Gasteiger partial charge in [-0.3, -0.25) is 13.8 Å². The Morgan fingerprint density at radius 3 is 1.74 bits per heavy atom. The molecule has 0 aliphatic carbocycles. The van der Waals surface area contributed by atoms with Crippen molar-refractivity contribution in [2.45, 2.75) is 168 Å². The summed E-state index contributed by atoms with van der Waals surface area (Å²) < 4.78 is 33.2. The molecule has 0 rings (SSSR count). The molecule has 2 atom stereocenters. The number of ether oxygens (including phenoxy) is 2. The topological polar surface area (TPSA) is 117 Å². The van der Waals surface area contributed by atoms with E-state index in [9.17, 15) is 14.3 Å². The summed E-state index contributed by atoms with van der Waals surface area (Å²) in [5, 5.41) is 0. The molecule has 0 aromatic carbocycles. The molecule has 256 valence electrons. The van der Waals surface area contributed by atoms with Crippen molar-refractivity contribution in [3.05, 3.63) is 12.2 Å². The van der Waals surface area contributed by atoms with Crippen LogP contribution in [0.1, 0.15) is 162 Å². The second-order valence-corrected chi connectivity index (χ2v) is 13.2. The molecular weight excluding hydrogens is 565 g/mol. The molecule has 9 heteroatoms. The highest BCUT2D eigenvalue weighted by Crippen LogP contribution is 2.43. The maximum Gasteiger partial charge on any atom is 0.472 e. The average molecular weight is 634 g/mol. The van der Waals surface area contributed by atoms with Crippen LogP contribution in [0, 0.1) is 0 Å². The first-order chi connectivity index (χ1) is 20.9. The van der Waals surface area contributed by atoms with Gasteiger partial charge in [-0.2, -0.15) is 0 Å². The number of esters is 1. The molecule has 0 heterocycles. The lowest BCUT2D eigenvalue weighted by Gasteiger charge is -2.20. The zero-order valence-corrected chi connectivity index (χ0v) is 28.8. The monoisotopic (exact) mass is 633 g/mol. The summed E-state index contributed by atoms with van der Waals surface area (Å²) in [6.45, 7) is 4.89. The number of carbonyl (C=O) groups is 1. The van der Waals surface area contributed by atoms with Crippen LogP contribution in [0.5, 0.6) is 0 Å². The summed E-state index contributed by atoms with van der Waals surface area (Å²) in [7, 11) is -4.26. The molecule has 0 aromatic rings. The lowest BCUT2D eigenvalue weighted by atomic mass is 10.1. The van der Waals surface area contributed by atoms with Crippen molar-refractivity contribution in [2.75, 3.05) is 33.0 Å². The maximum absolute atomic E-state index is 12.5. The first-order valence-corrected chi connectivity index (χ1v) is 19.2. The fourth-order valence-corrected chi connectivity index (χ4v) is 5.58. The molecule has 0 radical (unpaired) electrons. The van der Waals surface area contributed by atoms with Crippen molar-refractivity contribution < 1.29 is 32.8 Å². The Bertz CT molecular complexity index is 677. The van der Waals surface area contributed by atoms with Gasteiger partial charge in [-0.25, -0.2) is 4.57 Å². The SMILES string of the molecule is CCCCC/C=C\CCCCCCCC(=O)OC(COCCCCCCCCCCCCCC)COP(=O)(O)OCCN. The van der Waals surface area contributed by atoms with E-state index in [1.807, 2.05) is 0 Å². The van der Waals surface area contributed by atoms with E-state index in [2.05, 4.69) is 26.0 Å². The molecule has 0 bridgehead atoms. The van der Waals surface area contributed by atoms with Gasteiger partial charge in [0.2, 0.25) is 0 Å². The van der Waals surface area contributed by atoms with Gasteiger partial charge in [-0.05, 0) is 38.5 Å². The minimum absolute atomic E-state index is 0.0943. The third-order valence-corrected chi connectivity index (χ3v) is 8.42. The summed E-state index contributed by atoms with van der Waals surface area (Å²) in [5.41, 5.74) is 5.34.